The van der Waals surface area contributed by atoms with Crippen LogP contribution in [0.1, 0.15) is 5.56 Å². The smallest absolute Gasteiger partial charge is 0.261 e. The zero-order chi connectivity index (χ0) is 14.1. The van der Waals surface area contributed by atoms with E-state index in [9.17, 15) is 4.79 Å². The molecule has 2 N–H and O–H groups in total. The van der Waals surface area contributed by atoms with Gasteiger partial charge in [0.15, 0.2) is 0 Å². The van der Waals surface area contributed by atoms with Crippen molar-refractivity contribution in [2.75, 3.05) is 5.73 Å². The highest BCUT2D eigenvalue weighted by Gasteiger charge is 2.07. The molecule has 20 heavy (non-hydrogen) atoms. The Balaban J connectivity index is 2.12. The summed E-state index contributed by atoms with van der Waals surface area (Å²) in [6.45, 7) is 0.505. The van der Waals surface area contributed by atoms with Crippen LogP contribution in [0.5, 0.6) is 0 Å². The Morgan fingerprint density at radius 2 is 1.95 bits per heavy atom. The average Bonchev–Trinajstić information content (AvgIpc) is 2.46. The van der Waals surface area contributed by atoms with Gasteiger partial charge in [0.2, 0.25) is 0 Å². The molecule has 0 spiro atoms. The maximum absolute atomic E-state index is 12.5. The van der Waals surface area contributed by atoms with Gasteiger partial charge in [-0.05, 0) is 33.6 Å². The number of nitrogens with zero attached hydrogens (tertiary/aromatic N) is 2. The molecule has 0 aliphatic carbocycles. The Kier molecular flexibility index (Phi) is 3.28. The molecular formula is C15H12BrN3O. The zero-order valence-electron chi connectivity index (χ0n) is 10.6. The van der Waals surface area contributed by atoms with Crippen molar-refractivity contribution in [2.24, 2.45) is 0 Å². The predicted molar refractivity (Wildman–Crippen MR) is 83.7 cm³/mol. The number of rotatable bonds is 2. The van der Waals surface area contributed by atoms with Crippen LogP contribution in [0.4, 0.5) is 5.69 Å². The predicted octanol–water partition coefficient (Wildman–Crippen LogP) is 2.79. The van der Waals surface area contributed by atoms with Crippen LogP contribution >= 0.6 is 15.9 Å². The largest absolute Gasteiger partial charge is 0.398 e. The molecule has 100 valence electrons. The third-order valence-electron chi connectivity index (χ3n) is 3.14. The van der Waals surface area contributed by atoms with Gasteiger partial charge in [0.25, 0.3) is 5.56 Å². The van der Waals surface area contributed by atoms with Gasteiger partial charge < -0.3 is 5.73 Å². The first-order chi connectivity index (χ1) is 9.65. The first kappa shape index (κ1) is 12.9. The molecule has 3 aromatic rings. The van der Waals surface area contributed by atoms with Crippen molar-refractivity contribution < 1.29 is 0 Å². The summed E-state index contributed by atoms with van der Waals surface area (Å²) in [7, 11) is 0. The van der Waals surface area contributed by atoms with Gasteiger partial charge in [0.1, 0.15) is 0 Å². The quantitative estimate of drug-likeness (QED) is 0.735. The molecule has 0 saturated heterocycles. The van der Waals surface area contributed by atoms with E-state index in [0.29, 0.717) is 27.6 Å². The van der Waals surface area contributed by atoms with Gasteiger partial charge in [0.05, 0.1) is 23.8 Å². The Morgan fingerprint density at radius 1 is 1.20 bits per heavy atom. The van der Waals surface area contributed by atoms with Crippen LogP contribution in [-0.4, -0.2) is 9.55 Å². The van der Waals surface area contributed by atoms with Gasteiger partial charge in [-0.15, -0.1) is 0 Å². The van der Waals surface area contributed by atoms with Crippen LogP contribution in [0.15, 0.2) is 58.1 Å². The summed E-state index contributed by atoms with van der Waals surface area (Å²) in [5, 5.41) is 0.560. The minimum absolute atomic E-state index is 0.0699. The molecule has 0 fully saturated rings. The molecular weight excluding hydrogens is 318 g/mol. The zero-order valence-corrected chi connectivity index (χ0v) is 12.2. The highest BCUT2D eigenvalue weighted by atomic mass is 79.9. The number of anilines is 1. The van der Waals surface area contributed by atoms with Crippen LogP contribution in [-0.2, 0) is 6.54 Å². The SMILES string of the molecule is Nc1cc2ncn(Cc3ccccc3)c(=O)c2cc1Br. The molecule has 5 heteroatoms. The van der Waals surface area contributed by atoms with E-state index in [0.717, 1.165) is 5.56 Å². The van der Waals surface area contributed by atoms with E-state index < -0.39 is 0 Å². The van der Waals surface area contributed by atoms with E-state index in [1.807, 2.05) is 30.3 Å². The van der Waals surface area contributed by atoms with Crippen LogP contribution < -0.4 is 11.3 Å². The van der Waals surface area contributed by atoms with Gasteiger partial charge in [0, 0.05) is 10.2 Å². The third kappa shape index (κ3) is 2.32. The van der Waals surface area contributed by atoms with Crippen molar-refractivity contribution in [3.63, 3.8) is 0 Å². The number of aromatic nitrogens is 2. The molecule has 0 bridgehead atoms. The molecule has 0 aliphatic rings. The molecule has 2 aromatic carbocycles. The second-order valence-electron chi connectivity index (χ2n) is 4.55. The Labute approximate surface area is 124 Å². The van der Waals surface area contributed by atoms with E-state index in [4.69, 9.17) is 5.73 Å². The van der Waals surface area contributed by atoms with Crippen LogP contribution in [0, 0.1) is 0 Å². The van der Waals surface area contributed by atoms with Crippen molar-refractivity contribution in [1.29, 1.82) is 0 Å². The lowest BCUT2D eigenvalue weighted by atomic mass is 10.2. The molecule has 1 heterocycles. The lowest BCUT2D eigenvalue weighted by Gasteiger charge is -2.08. The Hall–Kier alpha value is -2.14. The van der Waals surface area contributed by atoms with Crippen molar-refractivity contribution in [1.82, 2.24) is 9.55 Å². The van der Waals surface area contributed by atoms with E-state index >= 15 is 0 Å². The summed E-state index contributed by atoms with van der Waals surface area (Å²) in [6.07, 6.45) is 1.56. The fourth-order valence-electron chi connectivity index (χ4n) is 2.09. The van der Waals surface area contributed by atoms with Crippen molar-refractivity contribution in [3.05, 3.63) is 69.2 Å². The number of hydrogen-bond acceptors (Lipinski definition) is 3. The van der Waals surface area contributed by atoms with Gasteiger partial charge in [-0.1, -0.05) is 30.3 Å². The number of halogens is 1. The van der Waals surface area contributed by atoms with Gasteiger partial charge >= 0.3 is 0 Å². The standard InChI is InChI=1S/C15H12BrN3O/c16-12-6-11-14(7-13(12)17)18-9-19(15(11)20)8-10-4-2-1-3-5-10/h1-7,9H,8,17H2. The molecule has 4 nitrogen and oxygen atoms in total. The molecule has 0 saturated carbocycles. The summed E-state index contributed by atoms with van der Waals surface area (Å²) in [5.74, 6) is 0. The molecule has 0 atom stereocenters. The summed E-state index contributed by atoms with van der Waals surface area (Å²) in [4.78, 5) is 16.8. The molecule has 0 amide bonds. The lowest BCUT2D eigenvalue weighted by molar-refractivity contribution is 0.748. The Bertz CT molecular complexity index is 828. The van der Waals surface area contributed by atoms with E-state index in [-0.39, 0.29) is 5.56 Å². The van der Waals surface area contributed by atoms with Gasteiger partial charge in [-0.2, -0.15) is 0 Å². The number of nitrogens with two attached hydrogens (primary N) is 1. The van der Waals surface area contributed by atoms with Crippen LogP contribution in [0.25, 0.3) is 10.9 Å². The number of fused-ring (bicyclic) bond motifs is 1. The van der Waals surface area contributed by atoms with Gasteiger partial charge in [-0.3, -0.25) is 9.36 Å². The molecule has 0 unspecified atom stereocenters. The average molecular weight is 330 g/mol. The molecule has 0 aliphatic heterocycles. The first-order valence-corrected chi connectivity index (χ1v) is 6.92. The van der Waals surface area contributed by atoms with Crippen molar-refractivity contribution in [2.45, 2.75) is 6.54 Å². The van der Waals surface area contributed by atoms with Crippen molar-refractivity contribution in [3.8, 4) is 0 Å². The minimum atomic E-state index is -0.0699. The summed E-state index contributed by atoms with van der Waals surface area (Å²) < 4.78 is 2.31. The second kappa shape index (κ2) is 5.09. The maximum Gasteiger partial charge on any atom is 0.261 e. The monoisotopic (exact) mass is 329 g/mol. The Morgan fingerprint density at radius 3 is 2.70 bits per heavy atom. The molecule has 3 rings (SSSR count). The fourth-order valence-corrected chi connectivity index (χ4v) is 2.43. The fraction of sp³-hybridized carbons (Fsp3) is 0.0667. The third-order valence-corrected chi connectivity index (χ3v) is 3.82. The molecule has 0 radical (unpaired) electrons. The maximum atomic E-state index is 12.5. The number of benzene rings is 2. The van der Waals surface area contributed by atoms with Crippen LogP contribution in [0.2, 0.25) is 0 Å². The first-order valence-electron chi connectivity index (χ1n) is 6.13. The van der Waals surface area contributed by atoms with Crippen LogP contribution in [0.3, 0.4) is 0 Å². The number of nitrogen functional groups attached to an aromatic ring is 1. The van der Waals surface area contributed by atoms with E-state index in [2.05, 4.69) is 20.9 Å². The van der Waals surface area contributed by atoms with Gasteiger partial charge in [-0.25, -0.2) is 4.98 Å². The summed E-state index contributed by atoms with van der Waals surface area (Å²) in [6, 6.07) is 13.2. The lowest BCUT2D eigenvalue weighted by Crippen LogP contribution is -2.21. The van der Waals surface area contributed by atoms with Crippen molar-refractivity contribution >= 4 is 32.5 Å². The van der Waals surface area contributed by atoms with E-state index in [1.165, 1.54) is 0 Å². The van der Waals surface area contributed by atoms with E-state index in [1.54, 1.807) is 23.0 Å². The highest BCUT2D eigenvalue weighted by molar-refractivity contribution is 9.10. The second-order valence-corrected chi connectivity index (χ2v) is 5.41. The summed E-state index contributed by atoms with van der Waals surface area (Å²) in [5.41, 5.74) is 7.98. The topological polar surface area (TPSA) is 60.9 Å². The highest BCUT2D eigenvalue weighted by Crippen LogP contribution is 2.23. The number of hydrogen-bond donors (Lipinski definition) is 1. The normalized spacial score (nSPS) is 10.8. The molecule has 1 aromatic heterocycles. The minimum Gasteiger partial charge on any atom is -0.398 e. The summed E-state index contributed by atoms with van der Waals surface area (Å²) >= 11 is 3.34.